The third-order valence-corrected chi connectivity index (χ3v) is 7.43. The summed E-state index contributed by atoms with van der Waals surface area (Å²) in [6.45, 7) is 3.55. The predicted molar refractivity (Wildman–Crippen MR) is 208 cm³/mol. The maximum atomic E-state index is 9.51. The highest BCUT2D eigenvalue weighted by atomic mass is 16.3. The highest BCUT2D eigenvalue weighted by Gasteiger charge is 2.12. The molecule has 2 heterocycles. The van der Waals surface area contributed by atoms with Gasteiger partial charge in [-0.05, 0) is 73.5 Å². The fourth-order valence-corrected chi connectivity index (χ4v) is 4.74. The summed E-state index contributed by atoms with van der Waals surface area (Å²) in [6, 6.07) is 34.6. The van der Waals surface area contributed by atoms with Crippen molar-refractivity contribution in [3.63, 3.8) is 0 Å². The van der Waals surface area contributed by atoms with E-state index in [1.165, 1.54) is 0 Å². The Morgan fingerprint density at radius 3 is 1.02 bits per heavy atom. The molecule has 6 aromatic rings. The summed E-state index contributed by atoms with van der Waals surface area (Å²) in [6.07, 6.45) is 4.06. The van der Waals surface area contributed by atoms with Crippen molar-refractivity contribution in [3.05, 3.63) is 120 Å². The fourth-order valence-electron chi connectivity index (χ4n) is 4.74. The molecule has 0 aliphatic heterocycles. The number of aromatic nitrogens is 6. The van der Waals surface area contributed by atoms with E-state index in [1.807, 2.05) is 135 Å². The van der Waals surface area contributed by atoms with Crippen molar-refractivity contribution in [3.8, 4) is 0 Å². The molecule has 264 valence electrons. The number of hydrogen-bond donors (Lipinski definition) is 8. The van der Waals surface area contributed by atoms with Crippen molar-refractivity contribution in [2.45, 2.75) is 25.9 Å². The van der Waals surface area contributed by atoms with Crippen LogP contribution in [0, 0.1) is 0 Å². The zero-order chi connectivity index (χ0) is 36.1. The van der Waals surface area contributed by atoms with Crippen molar-refractivity contribution in [2.75, 3.05) is 45.1 Å². The lowest BCUT2D eigenvalue weighted by Gasteiger charge is -2.14. The SMILES string of the molecule is CC(CO)Nc1nc(Nc2ccccc2)nc(Nc2ccc(C=Cc3ccc(Nc4nc(Nc5ccccc5)nc(NC(C)CO)n4)cc3)cc2)n1. The fraction of sp³-hybridized carbons (Fsp3) is 0.158. The molecule has 0 bridgehead atoms. The molecule has 52 heavy (non-hydrogen) atoms. The van der Waals surface area contributed by atoms with Crippen molar-refractivity contribution in [2.24, 2.45) is 0 Å². The topological polar surface area (TPSA) is 190 Å². The van der Waals surface area contributed by atoms with Crippen LogP contribution in [0.25, 0.3) is 12.2 Å². The number of aliphatic hydroxyl groups excluding tert-OH is 2. The molecule has 0 aliphatic rings. The van der Waals surface area contributed by atoms with Crippen LogP contribution < -0.4 is 31.9 Å². The minimum atomic E-state index is -0.234. The lowest BCUT2D eigenvalue weighted by atomic mass is 10.1. The van der Waals surface area contributed by atoms with Crippen molar-refractivity contribution in [1.82, 2.24) is 29.9 Å². The van der Waals surface area contributed by atoms with E-state index in [0.29, 0.717) is 35.7 Å². The number of anilines is 10. The van der Waals surface area contributed by atoms with E-state index in [-0.39, 0.29) is 25.3 Å². The van der Waals surface area contributed by atoms with Gasteiger partial charge in [-0.1, -0.05) is 72.8 Å². The predicted octanol–water partition coefficient (Wildman–Crippen LogP) is 6.79. The number of benzene rings is 4. The Morgan fingerprint density at radius 2 is 0.712 bits per heavy atom. The summed E-state index contributed by atoms with van der Waals surface area (Å²) in [5.41, 5.74) is 5.30. The Hall–Kier alpha value is -6.64. The average molecular weight is 697 g/mol. The van der Waals surface area contributed by atoms with E-state index < -0.39 is 0 Å². The number of aliphatic hydroxyl groups is 2. The summed E-state index contributed by atoms with van der Waals surface area (Å²) in [4.78, 5) is 27.0. The Labute approximate surface area is 301 Å². The number of hydrogen-bond acceptors (Lipinski definition) is 14. The van der Waals surface area contributed by atoms with Crippen LogP contribution in [0.4, 0.5) is 58.4 Å². The third kappa shape index (κ3) is 10.4. The molecule has 8 N–H and O–H groups in total. The molecule has 2 unspecified atom stereocenters. The Morgan fingerprint density at radius 1 is 0.423 bits per heavy atom. The molecule has 0 saturated carbocycles. The maximum Gasteiger partial charge on any atom is 0.233 e. The van der Waals surface area contributed by atoms with E-state index in [2.05, 4.69) is 61.8 Å². The number of rotatable bonds is 16. The Bertz CT molecular complexity index is 1900. The molecule has 2 atom stereocenters. The van der Waals surface area contributed by atoms with E-state index in [9.17, 15) is 10.2 Å². The van der Waals surface area contributed by atoms with Crippen LogP contribution in [0.2, 0.25) is 0 Å². The van der Waals surface area contributed by atoms with Gasteiger partial charge in [0.15, 0.2) is 0 Å². The summed E-state index contributed by atoms with van der Waals surface area (Å²) in [5, 5.41) is 38.1. The molecule has 0 radical (unpaired) electrons. The minimum Gasteiger partial charge on any atom is -0.394 e. The monoisotopic (exact) mass is 696 g/mol. The normalized spacial score (nSPS) is 12.2. The van der Waals surface area contributed by atoms with Gasteiger partial charge in [-0.3, -0.25) is 0 Å². The molecule has 0 spiro atoms. The molecule has 6 rings (SSSR count). The zero-order valence-corrected chi connectivity index (χ0v) is 28.7. The molecule has 2 aromatic heterocycles. The quantitative estimate of drug-likeness (QED) is 0.0494. The molecule has 14 heteroatoms. The van der Waals surface area contributed by atoms with E-state index in [4.69, 9.17) is 0 Å². The van der Waals surface area contributed by atoms with Gasteiger partial charge >= 0.3 is 0 Å². The maximum absolute atomic E-state index is 9.51. The van der Waals surface area contributed by atoms with Crippen LogP contribution in [-0.2, 0) is 0 Å². The standard InChI is InChI=1S/C38H40N12O2/c1-25(23-51)39-33-45-35(41-29-9-5-3-6-10-29)49-37(47-33)43-31-19-15-27(16-20-31)13-14-28-17-21-32(22-18-28)44-38-48-34(40-26(2)24-52)46-36(50-38)42-30-11-7-4-8-12-30/h3-22,25-26,51-52H,23-24H2,1-2H3,(H3,39,41,43,45,47,49)(H3,40,42,44,46,48,50). The van der Waals surface area contributed by atoms with Crippen LogP contribution in [0.15, 0.2) is 109 Å². The highest BCUT2D eigenvalue weighted by molar-refractivity contribution is 5.72. The first-order chi connectivity index (χ1) is 25.4. The second-order valence-electron chi connectivity index (χ2n) is 11.9. The van der Waals surface area contributed by atoms with E-state index >= 15 is 0 Å². The minimum absolute atomic E-state index is 0.0639. The Balaban J connectivity index is 1.10. The van der Waals surface area contributed by atoms with Gasteiger partial charge in [0.2, 0.25) is 35.7 Å². The smallest absolute Gasteiger partial charge is 0.233 e. The van der Waals surface area contributed by atoms with Crippen molar-refractivity contribution >= 4 is 70.6 Å². The van der Waals surface area contributed by atoms with Gasteiger partial charge in [0, 0.05) is 34.8 Å². The first kappa shape index (κ1) is 35.2. The van der Waals surface area contributed by atoms with Gasteiger partial charge in [-0.2, -0.15) is 29.9 Å². The molecular formula is C38H40N12O2. The van der Waals surface area contributed by atoms with Crippen LogP contribution in [0.1, 0.15) is 25.0 Å². The van der Waals surface area contributed by atoms with Crippen LogP contribution in [0.3, 0.4) is 0 Å². The summed E-state index contributed by atoms with van der Waals surface area (Å²) in [5.74, 6) is 2.11. The number of nitrogens with zero attached hydrogens (tertiary/aromatic N) is 6. The van der Waals surface area contributed by atoms with Crippen LogP contribution in [0.5, 0.6) is 0 Å². The molecule has 0 fully saturated rings. The largest absolute Gasteiger partial charge is 0.394 e. The lowest BCUT2D eigenvalue weighted by molar-refractivity contribution is 0.281. The number of para-hydroxylation sites is 2. The van der Waals surface area contributed by atoms with Gasteiger partial charge in [0.25, 0.3) is 0 Å². The second kappa shape index (κ2) is 17.3. The molecule has 4 aromatic carbocycles. The summed E-state index contributed by atoms with van der Waals surface area (Å²) >= 11 is 0. The number of nitrogens with one attached hydrogen (secondary N) is 6. The van der Waals surface area contributed by atoms with Crippen molar-refractivity contribution < 1.29 is 10.2 Å². The van der Waals surface area contributed by atoms with E-state index in [0.717, 1.165) is 33.9 Å². The van der Waals surface area contributed by atoms with Gasteiger partial charge in [0.1, 0.15) is 0 Å². The molecule has 0 amide bonds. The first-order valence-corrected chi connectivity index (χ1v) is 16.7. The van der Waals surface area contributed by atoms with Crippen LogP contribution in [-0.4, -0.2) is 65.4 Å². The second-order valence-corrected chi connectivity index (χ2v) is 11.9. The summed E-state index contributed by atoms with van der Waals surface area (Å²) < 4.78 is 0. The van der Waals surface area contributed by atoms with E-state index in [1.54, 1.807) is 0 Å². The van der Waals surface area contributed by atoms with Gasteiger partial charge in [0.05, 0.1) is 13.2 Å². The molecule has 0 saturated heterocycles. The molecular weight excluding hydrogens is 656 g/mol. The first-order valence-electron chi connectivity index (χ1n) is 16.7. The average Bonchev–Trinajstić information content (AvgIpc) is 3.15. The van der Waals surface area contributed by atoms with Crippen molar-refractivity contribution in [1.29, 1.82) is 0 Å². The van der Waals surface area contributed by atoms with Gasteiger partial charge in [-0.15, -0.1) is 0 Å². The molecule has 0 aliphatic carbocycles. The summed E-state index contributed by atoms with van der Waals surface area (Å²) in [7, 11) is 0. The highest BCUT2D eigenvalue weighted by Crippen LogP contribution is 2.22. The van der Waals surface area contributed by atoms with Gasteiger partial charge in [-0.25, -0.2) is 0 Å². The lowest BCUT2D eigenvalue weighted by Crippen LogP contribution is -2.21. The van der Waals surface area contributed by atoms with Gasteiger partial charge < -0.3 is 42.1 Å². The zero-order valence-electron chi connectivity index (χ0n) is 28.7. The third-order valence-electron chi connectivity index (χ3n) is 7.43. The molecule has 14 nitrogen and oxygen atoms in total. The Kier molecular flexibility index (Phi) is 11.7. The van der Waals surface area contributed by atoms with Crippen LogP contribution >= 0.6 is 0 Å².